The van der Waals surface area contributed by atoms with Crippen LogP contribution in [0.15, 0.2) is 73.1 Å². The summed E-state index contributed by atoms with van der Waals surface area (Å²) in [6, 6.07) is 19.5. The summed E-state index contributed by atoms with van der Waals surface area (Å²) in [5.41, 5.74) is 4.93. The molecule has 2 aromatic carbocycles. The summed E-state index contributed by atoms with van der Waals surface area (Å²) in [5, 5.41) is 10.7. The van der Waals surface area contributed by atoms with Gasteiger partial charge in [-0.25, -0.2) is 4.98 Å². The van der Waals surface area contributed by atoms with E-state index in [1.54, 1.807) is 12.3 Å². The summed E-state index contributed by atoms with van der Waals surface area (Å²) in [6.07, 6.45) is 4.15. The number of aromatic amines is 1. The monoisotopic (exact) mass is 434 g/mol. The number of rotatable bonds is 4. The fourth-order valence-electron chi connectivity index (χ4n) is 3.89. The van der Waals surface area contributed by atoms with Crippen molar-refractivity contribution in [3.05, 3.63) is 84.2 Å². The molecule has 1 aliphatic heterocycles. The molecule has 3 aromatic heterocycles. The maximum atomic E-state index is 12.8. The van der Waals surface area contributed by atoms with E-state index in [0.29, 0.717) is 23.7 Å². The number of fused-ring (bicyclic) bond motifs is 2. The van der Waals surface area contributed by atoms with Crippen molar-refractivity contribution in [1.29, 1.82) is 0 Å². The van der Waals surface area contributed by atoms with Gasteiger partial charge in [-0.2, -0.15) is 4.98 Å². The van der Waals surface area contributed by atoms with E-state index in [0.717, 1.165) is 39.8 Å². The van der Waals surface area contributed by atoms with Gasteiger partial charge in [0, 0.05) is 29.8 Å². The highest BCUT2D eigenvalue weighted by molar-refractivity contribution is 6.03. The lowest BCUT2D eigenvalue weighted by Gasteiger charge is -2.06. The van der Waals surface area contributed by atoms with Crippen molar-refractivity contribution in [2.45, 2.75) is 6.42 Å². The first-order valence-corrected chi connectivity index (χ1v) is 10.5. The lowest BCUT2D eigenvalue weighted by molar-refractivity contribution is 0.102. The molecule has 0 spiro atoms. The number of ether oxygens (including phenoxy) is 1. The second-order valence-electron chi connectivity index (χ2n) is 7.73. The van der Waals surface area contributed by atoms with Crippen molar-refractivity contribution in [3.63, 3.8) is 0 Å². The number of nitrogens with zero attached hydrogens (tertiary/aromatic N) is 4. The highest BCUT2D eigenvalue weighted by Crippen LogP contribution is 2.30. The van der Waals surface area contributed by atoms with Gasteiger partial charge in [0.2, 0.25) is 5.95 Å². The minimum atomic E-state index is -0.342. The zero-order valence-electron chi connectivity index (χ0n) is 17.4. The van der Waals surface area contributed by atoms with Gasteiger partial charge in [0.15, 0.2) is 5.82 Å². The molecule has 0 bridgehead atoms. The molecule has 5 aromatic rings. The SMILES string of the molecule is O=C(Nc1n[nH]c(-c2ccc3ccccc3n2)n1)c1cncc(-c2ccc3c(c2)CCO3)c1. The molecule has 2 N–H and O–H groups in total. The van der Waals surface area contributed by atoms with Crippen LogP contribution in [0.25, 0.3) is 33.5 Å². The molecule has 0 aliphatic carbocycles. The van der Waals surface area contributed by atoms with Gasteiger partial charge in [-0.05, 0) is 41.5 Å². The van der Waals surface area contributed by atoms with Crippen LogP contribution in [0, 0.1) is 0 Å². The maximum absolute atomic E-state index is 12.8. The molecule has 0 saturated heterocycles. The van der Waals surface area contributed by atoms with Crippen LogP contribution in [0.5, 0.6) is 5.75 Å². The molecule has 8 heteroatoms. The van der Waals surface area contributed by atoms with Crippen LogP contribution in [-0.4, -0.2) is 37.7 Å². The molecule has 33 heavy (non-hydrogen) atoms. The lowest BCUT2D eigenvalue weighted by Crippen LogP contribution is -2.13. The van der Waals surface area contributed by atoms with Crippen LogP contribution < -0.4 is 10.1 Å². The topological polar surface area (TPSA) is 106 Å². The second kappa shape index (κ2) is 7.83. The summed E-state index contributed by atoms with van der Waals surface area (Å²) in [4.78, 5) is 26.1. The predicted molar refractivity (Wildman–Crippen MR) is 124 cm³/mol. The van der Waals surface area contributed by atoms with Gasteiger partial charge in [0.1, 0.15) is 11.4 Å². The number of H-pyrrole nitrogens is 1. The average Bonchev–Trinajstić information content (AvgIpc) is 3.53. The molecule has 4 heterocycles. The number of hydrogen-bond acceptors (Lipinski definition) is 6. The first-order valence-electron chi connectivity index (χ1n) is 10.5. The third kappa shape index (κ3) is 3.67. The van der Waals surface area contributed by atoms with Gasteiger partial charge >= 0.3 is 0 Å². The van der Waals surface area contributed by atoms with Gasteiger partial charge in [-0.15, -0.1) is 5.10 Å². The molecular formula is C25H18N6O2. The normalized spacial score (nSPS) is 12.4. The highest BCUT2D eigenvalue weighted by Gasteiger charge is 2.15. The summed E-state index contributed by atoms with van der Waals surface area (Å²) >= 11 is 0. The van der Waals surface area contributed by atoms with Gasteiger partial charge < -0.3 is 4.74 Å². The maximum Gasteiger partial charge on any atom is 0.259 e. The third-order valence-corrected chi connectivity index (χ3v) is 5.58. The Morgan fingerprint density at radius 1 is 0.970 bits per heavy atom. The summed E-state index contributed by atoms with van der Waals surface area (Å²) in [6.45, 7) is 0.701. The minimum absolute atomic E-state index is 0.171. The average molecular weight is 434 g/mol. The molecule has 0 saturated carbocycles. The van der Waals surface area contributed by atoms with E-state index < -0.39 is 0 Å². The standard InChI is InChI=1S/C25H18N6O2/c32-24(19-12-18(13-26-14-19)16-6-8-22-17(11-16)9-10-33-22)29-25-28-23(30-31-25)21-7-5-15-3-1-2-4-20(15)27-21/h1-8,11-14H,9-10H2,(H2,28,29,30,31,32). The zero-order chi connectivity index (χ0) is 22.2. The van der Waals surface area contributed by atoms with Crippen LogP contribution in [0.3, 0.4) is 0 Å². The smallest absolute Gasteiger partial charge is 0.259 e. The number of pyridine rings is 2. The Kier molecular flexibility index (Phi) is 4.54. The van der Waals surface area contributed by atoms with Gasteiger partial charge in [-0.1, -0.05) is 30.3 Å². The molecule has 0 radical (unpaired) electrons. The number of para-hydroxylation sites is 1. The Hall–Kier alpha value is -4.59. The Morgan fingerprint density at radius 3 is 2.88 bits per heavy atom. The number of aromatic nitrogens is 5. The number of carbonyl (C=O) groups is 1. The molecule has 0 atom stereocenters. The van der Waals surface area contributed by atoms with Crippen LogP contribution in [0.4, 0.5) is 5.95 Å². The van der Waals surface area contributed by atoms with E-state index in [1.807, 2.05) is 48.5 Å². The van der Waals surface area contributed by atoms with Crippen molar-refractivity contribution in [2.75, 3.05) is 11.9 Å². The molecule has 0 fully saturated rings. The summed E-state index contributed by atoms with van der Waals surface area (Å²) < 4.78 is 5.57. The number of amides is 1. The molecule has 0 unspecified atom stereocenters. The Morgan fingerprint density at radius 2 is 1.91 bits per heavy atom. The summed E-state index contributed by atoms with van der Waals surface area (Å²) in [5.74, 6) is 1.22. The van der Waals surface area contributed by atoms with E-state index in [-0.39, 0.29) is 11.9 Å². The van der Waals surface area contributed by atoms with Crippen molar-refractivity contribution >= 4 is 22.8 Å². The van der Waals surface area contributed by atoms with Crippen molar-refractivity contribution in [1.82, 2.24) is 25.1 Å². The minimum Gasteiger partial charge on any atom is -0.493 e. The van der Waals surface area contributed by atoms with E-state index in [2.05, 4.69) is 36.5 Å². The van der Waals surface area contributed by atoms with Gasteiger partial charge in [0.05, 0.1) is 17.7 Å². The molecule has 1 aliphatic rings. The van der Waals surface area contributed by atoms with E-state index in [1.165, 1.54) is 6.20 Å². The quantitative estimate of drug-likeness (QED) is 0.438. The van der Waals surface area contributed by atoms with Crippen LogP contribution in [0.1, 0.15) is 15.9 Å². The zero-order valence-corrected chi connectivity index (χ0v) is 17.4. The largest absolute Gasteiger partial charge is 0.493 e. The van der Waals surface area contributed by atoms with Crippen LogP contribution >= 0.6 is 0 Å². The number of nitrogens with one attached hydrogen (secondary N) is 2. The molecule has 8 nitrogen and oxygen atoms in total. The molecule has 6 rings (SSSR count). The van der Waals surface area contributed by atoms with Crippen molar-refractivity contribution < 1.29 is 9.53 Å². The number of benzene rings is 2. The number of carbonyl (C=O) groups excluding carboxylic acids is 1. The van der Waals surface area contributed by atoms with Gasteiger partial charge in [0.25, 0.3) is 5.91 Å². The number of anilines is 1. The van der Waals surface area contributed by atoms with E-state index >= 15 is 0 Å². The fraction of sp³-hybridized carbons (Fsp3) is 0.0800. The second-order valence-corrected chi connectivity index (χ2v) is 7.73. The summed E-state index contributed by atoms with van der Waals surface area (Å²) in [7, 11) is 0. The van der Waals surface area contributed by atoms with E-state index in [4.69, 9.17) is 4.74 Å². The molecular weight excluding hydrogens is 416 g/mol. The van der Waals surface area contributed by atoms with Gasteiger partial charge in [-0.3, -0.25) is 20.2 Å². The van der Waals surface area contributed by atoms with Crippen molar-refractivity contribution in [3.8, 4) is 28.4 Å². The number of hydrogen-bond donors (Lipinski definition) is 2. The molecule has 160 valence electrons. The van der Waals surface area contributed by atoms with Crippen molar-refractivity contribution in [2.24, 2.45) is 0 Å². The predicted octanol–water partition coefficient (Wildman–Crippen LogP) is 4.27. The van der Waals surface area contributed by atoms with Crippen LogP contribution in [0.2, 0.25) is 0 Å². The first-order chi connectivity index (χ1) is 16.2. The third-order valence-electron chi connectivity index (χ3n) is 5.58. The Labute approximate surface area is 188 Å². The first kappa shape index (κ1) is 19.1. The highest BCUT2D eigenvalue weighted by atomic mass is 16.5. The molecule has 1 amide bonds. The van der Waals surface area contributed by atoms with E-state index in [9.17, 15) is 4.79 Å². The van der Waals surface area contributed by atoms with Crippen LogP contribution in [-0.2, 0) is 6.42 Å². The lowest BCUT2D eigenvalue weighted by atomic mass is 10.0. The Bertz CT molecular complexity index is 1510. The fourth-order valence-corrected chi connectivity index (χ4v) is 3.89. The Balaban J connectivity index is 1.22.